The van der Waals surface area contributed by atoms with E-state index in [1.807, 2.05) is 42.7 Å². The highest BCUT2D eigenvalue weighted by molar-refractivity contribution is 7.98. The Kier molecular flexibility index (Phi) is 4.71. The quantitative estimate of drug-likeness (QED) is 0.716. The van der Waals surface area contributed by atoms with Gasteiger partial charge in [0.25, 0.3) is 0 Å². The van der Waals surface area contributed by atoms with Gasteiger partial charge < -0.3 is 14.1 Å². The molecule has 1 N–H and O–H groups in total. The number of aromatic hydroxyl groups is 1. The number of benzene rings is 1. The summed E-state index contributed by atoms with van der Waals surface area (Å²) in [7, 11) is 0. The van der Waals surface area contributed by atoms with E-state index in [1.165, 1.54) is 23.4 Å². The van der Waals surface area contributed by atoms with Crippen molar-refractivity contribution >= 4 is 11.8 Å². The molecular formula is C17H17N3O3S. The average Bonchev–Trinajstić information content (AvgIpc) is 2.99. The van der Waals surface area contributed by atoms with E-state index in [1.54, 1.807) is 0 Å². The molecule has 2 heterocycles. The Morgan fingerprint density at radius 1 is 1.25 bits per heavy atom. The van der Waals surface area contributed by atoms with Crippen LogP contribution in [0.15, 0.2) is 51.0 Å². The van der Waals surface area contributed by atoms with Crippen LogP contribution in [-0.4, -0.2) is 19.9 Å². The molecule has 0 aliphatic rings. The molecule has 1 aromatic carbocycles. The van der Waals surface area contributed by atoms with E-state index in [4.69, 9.17) is 4.42 Å². The Morgan fingerprint density at radius 2 is 2.00 bits per heavy atom. The van der Waals surface area contributed by atoms with Gasteiger partial charge in [0, 0.05) is 18.2 Å². The average molecular weight is 343 g/mol. The zero-order valence-electron chi connectivity index (χ0n) is 13.4. The normalized spacial score (nSPS) is 10.9. The zero-order valence-corrected chi connectivity index (χ0v) is 14.2. The van der Waals surface area contributed by atoms with Gasteiger partial charge in [0.15, 0.2) is 16.7 Å². The van der Waals surface area contributed by atoms with Crippen LogP contribution < -0.4 is 5.43 Å². The fourth-order valence-corrected chi connectivity index (χ4v) is 3.14. The Morgan fingerprint density at radius 3 is 2.67 bits per heavy atom. The second-order valence-corrected chi connectivity index (χ2v) is 6.24. The molecule has 124 valence electrons. The standard InChI is InChI=1S/C17H17N3O3S/c1-3-20-16(12-6-4-11(2)5-7-12)18-19-17(20)24-10-13-8-14(21)15(22)9-23-13/h4-9,22H,3,10H2,1-2H3. The molecule has 0 atom stereocenters. The first-order chi connectivity index (χ1) is 11.6. The molecule has 7 heteroatoms. The van der Waals surface area contributed by atoms with Crippen molar-refractivity contribution in [3.05, 3.63) is 58.1 Å². The van der Waals surface area contributed by atoms with E-state index in [0.717, 1.165) is 29.4 Å². The van der Waals surface area contributed by atoms with Gasteiger partial charge in [-0.2, -0.15) is 0 Å². The molecule has 0 amide bonds. The molecule has 0 spiro atoms. The van der Waals surface area contributed by atoms with Crippen LogP contribution in [0, 0.1) is 6.92 Å². The van der Waals surface area contributed by atoms with Gasteiger partial charge in [-0.1, -0.05) is 41.6 Å². The smallest absolute Gasteiger partial charge is 0.226 e. The highest BCUT2D eigenvalue weighted by atomic mass is 32.2. The van der Waals surface area contributed by atoms with Gasteiger partial charge in [-0.15, -0.1) is 10.2 Å². The highest BCUT2D eigenvalue weighted by Crippen LogP contribution is 2.26. The molecule has 24 heavy (non-hydrogen) atoms. The van der Waals surface area contributed by atoms with Crippen LogP contribution in [0.4, 0.5) is 0 Å². The summed E-state index contributed by atoms with van der Waals surface area (Å²) in [6, 6.07) is 9.43. The molecule has 3 aromatic rings. The predicted molar refractivity (Wildman–Crippen MR) is 92.1 cm³/mol. The van der Waals surface area contributed by atoms with Crippen molar-refractivity contribution < 1.29 is 9.52 Å². The number of nitrogens with zero attached hydrogens (tertiary/aromatic N) is 3. The monoisotopic (exact) mass is 343 g/mol. The van der Waals surface area contributed by atoms with Crippen molar-refractivity contribution in [2.75, 3.05) is 0 Å². The number of aryl methyl sites for hydroxylation is 1. The molecular weight excluding hydrogens is 326 g/mol. The van der Waals surface area contributed by atoms with Crippen molar-refractivity contribution in [2.45, 2.75) is 31.3 Å². The summed E-state index contributed by atoms with van der Waals surface area (Å²) < 4.78 is 7.23. The van der Waals surface area contributed by atoms with Gasteiger partial charge in [-0.25, -0.2) is 0 Å². The lowest BCUT2D eigenvalue weighted by Gasteiger charge is -2.07. The largest absolute Gasteiger partial charge is 0.502 e. The number of aromatic nitrogens is 3. The van der Waals surface area contributed by atoms with Gasteiger partial charge in [0.2, 0.25) is 5.43 Å². The van der Waals surface area contributed by atoms with E-state index in [0.29, 0.717) is 11.5 Å². The van der Waals surface area contributed by atoms with Crippen molar-refractivity contribution in [3.63, 3.8) is 0 Å². The molecule has 2 aromatic heterocycles. The van der Waals surface area contributed by atoms with E-state index >= 15 is 0 Å². The van der Waals surface area contributed by atoms with Gasteiger partial charge in [0.05, 0.1) is 5.75 Å². The topological polar surface area (TPSA) is 81.2 Å². The first-order valence-corrected chi connectivity index (χ1v) is 8.50. The fraction of sp³-hybridized carbons (Fsp3) is 0.235. The van der Waals surface area contributed by atoms with Crippen molar-refractivity contribution in [2.24, 2.45) is 0 Å². The zero-order chi connectivity index (χ0) is 17.1. The third-order valence-electron chi connectivity index (χ3n) is 3.55. The van der Waals surface area contributed by atoms with Crippen LogP contribution >= 0.6 is 11.8 Å². The summed E-state index contributed by atoms with van der Waals surface area (Å²) >= 11 is 1.43. The lowest BCUT2D eigenvalue weighted by molar-refractivity contribution is 0.419. The SMILES string of the molecule is CCn1c(SCc2cc(=O)c(O)co2)nnc1-c1ccc(C)cc1. The first kappa shape index (κ1) is 16.3. The van der Waals surface area contributed by atoms with Crippen LogP contribution in [0.25, 0.3) is 11.4 Å². The van der Waals surface area contributed by atoms with Crippen molar-refractivity contribution in [3.8, 4) is 17.1 Å². The summed E-state index contributed by atoms with van der Waals surface area (Å²) in [6.45, 7) is 4.81. The molecule has 3 rings (SSSR count). The fourth-order valence-electron chi connectivity index (χ4n) is 2.25. The first-order valence-electron chi connectivity index (χ1n) is 7.52. The van der Waals surface area contributed by atoms with Crippen LogP contribution in [-0.2, 0) is 12.3 Å². The molecule has 0 aliphatic heterocycles. The minimum Gasteiger partial charge on any atom is -0.502 e. The molecule has 0 saturated carbocycles. The summed E-state index contributed by atoms with van der Waals surface area (Å²) in [5.41, 5.74) is 1.75. The summed E-state index contributed by atoms with van der Waals surface area (Å²) in [5.74, 6) is 1.33. The van der Waals surface area contributed by atoms with E-state index in [9.17, 15) is 9.90 Å². The Bertz CT molecular complexity index is 900. The van der Waals surface area contributed by atoms with Crippen LogP contribution in [0.1, 0.15) is 18.2 Å². The van der Waals surface area contributed by atoms with Gasteiger partial charge in [-0.3, -0.25) is 4.79 Å². The van der Waals surface area contributed by atoms with Gasteiger partial charge in [0.1, 0.15) is 12.0 Å². The van der Waals surface area contributed by atoms with Gasteiger partial charge >= 0.3 is 0 Å². The van der Waals surface area contributed by atoms with Crippen LogP contribution in [0.5, 0.6) is 5.75 Å². The minimum atomic E-state index is -0.450. The summed E-state index contributed by atoms with van der Waals surface area (Å²) in [5, 5.41) is 18.5. The molecule has 0 aliphatic carbocycles. The lowest BCUT2D eigenvalue weighted by Crippen LogP contribution is -2.01. The molecule has 0 fully saturated rings. The summed E-state index contributed by atoms with van der Waals surface area (Å²) in [4.78, 5) is 11.4. The third-order valence-corrected chi connectivity index (χ3v) is 4.54. The Balaban J connectivity index is 1.82. The second kappa shape index (κ2) is 6.92. The number of hydrogen-bond donors (Lipinski definition) is 1. The summed E-state index contributed by atoms with van der Waals surface area (Å²) in [6.07, 6.45) is 1.06. The molecule has 6 nitrogen and oxygen atoms in total. The Hall–Kier alpha value is -2.54. The van der Waals surface area contributed by atoms with E-state index in [2.05, 4.69) is 10.2 Å². The Labute approximate surface area is 143 Å². The molecule has 0 radical (unpaired) electrons. The van der Waals surface area contributed by atoms with Gasteiger partial charge in [-0.05, 0) is 13.8 Å². The maximum Gasteiger partial charge on any atom is 0.226 e. The predicted octanol–water partition coefficient (Wildman–Crippen LogP) is 3.22. The number of thioether (sulfide) groups is 1. The highest BCUT2D eigenvalue weighted by Gasteiger charge is 2.14. The third kappa shape index (κ3) is 3.35. The van der Waals surface area contributed by atoms with Crippen LogP contribution in [0.2, 0.25) is 0 Å². The molecule has 0 saturated heterocycles. The number of hydrogen-bond acceptors (Lipinski definition) is 6. The van der Waals surface area contributed by atoms with Crippen LogP contribution in [0.3, 0.4) is 0 Å². The molecule has 0 unspecified atom stereocenters. The minimum absolute atomic E-state index is 0.387. The van der Waals surface area contributed by atoms with Crippen molar-refractivity contribution in [1.82, 2.24) is 14.8 Å². The molecule has 0 bridgehead atoms. The maximum absolute atomic E-state index is 11.4. The lowest BCUT2D eigenvalue weighted by atomic mass is 10.1. The number of rotatable bonds is 5. The van der Waals surface area contributed by atoms with E-state index < -0.39 is 5.43 Å². The maximum atomic E-state index is 11.4. The van der Waals surface area contributed by atoms with E-state index in [-0.39, 0.29) is 5.75 Å². The van der Waals surface area contributed by atoms with Crippen molar-refractivity contribution in [1.29, 1.82) is 0 Å². The second-order valence-electron chi connectivity index (χ2n) is 5.30.